The van der Waals surface area contributed by atoms with Crippen LogP contribution in [0.3, 0.4) is 0 Å². The van der Waals surface area contributed by atoms with Crippen molar-refractivity contribution in [2.75, 3.05) is 23.8 Å². The standard InChI is InChI=1S/C14H18BrNO3S2/c1-3-21(18,19)13-9-20-8-7-16(13)14(17)11-5-4-6-12(15)10(11)2/h4-6,13H,3,7-9H2,1-2H3. The molecular formula is C14H18BrNO3S2. The van der Waals surface area contributed by atoms with Gasteiger partial charge in [-0.1, -0.05) is 28.9 Å². The Morgan fingerprint density at radius 3 is 2.86 bits per heavy atom. The van der Waals surface area contributed by atoms with Crippen LogP contribution in [0.1, 0.15) is 22.8 Å². The maximum atomic E-state index is 12.8. The van der Waals surface area contributed by atoms with Gasteiger partial charge in [0, 0.05) is 33.8 Å². The van der Waals surface area contributed by atoms with Gasteiger partial charge < -0.3 is 4.90 Å². The third-order valence-corrected chi connectivity index (χ3v) is 7.81. The number of halogens is 1. The van der Waals surface area contributed by atoms with Crippen LogP contribution in [0.2, 0.25) is 0 Å². The lowest BCUT2D eigenvalue weighted by molar-refractivity contribution is 0.0748. The van der Waals surface area contributed by atoms with Crippen molar-refractivity contribution in [2.45, 2.75) is 19.2 Å². The van der Waals surface area contributed by atoms with E-state index in [1.165, 1.54) is 4.90 Å². The minimum absolute atomic E-state index is 0.0550. The summed E-state index contributed by atoms with van der Waals surface area (Å²) >= 11 is 5.00. The van der Waals surface area contributed by atoms with Crippen LogP contribution in [-0.4, -0.2) is 48.4 Å². The Balaban J connectivity index is 2.38. The number of hydrogen-bond acceptors (Lipinski definition) is 4. The number of carbonyl (C=O) groups is 1. The lowest BCUT2D eigenvalue weighted by Gasteiger charge is -2.35. The van der Waals surface area contributed by atoms with Crippen LogP contribution in [0.15, 0.2) is 22.7 Å². The molecule has 1 aromatic rings. The van der Waals surface area contributed by atoms with E-state index < -0.39 is 15.2 Å². The first kappa shape index (κ1) is 16.8. The fourth-order valence-electron chi connectivity index (χ4n) is 2.30. The quantitative estimate of drug-likeness (QED) is 0.794. The predicted octanol–water partition coefficient (Wildman–Crippen LogP) is 2.71. The van der Waals surface area contributed by atoms with Gasteiger partial charge in [-0.25, -0.2) is 8.42 Å². The fraction of sp³-hybridized carbons (Fsp3) is 0.500. The first-order chi connectivity index (χ1) is 9.88. The van der Waals surface area contributed by atoms with Crippen molar-refractivity contribution < 1.29 is 13.2 Å². The summed E-state index contributed by atoms with van der Waals surface area (Å²) in [5, 5.41) is -0.716. The largest absolute Gasteiger partial charge is 0.320 e. The smallest absolute Gasteiger partial charge is 0.255 e. The zero-order valence-corrected chi connectivity index (χ0v) is 15.2. The van der Waals surface area contributed by atoms with Crippen molar-refractivity contribution in [2.24, 2.45) is 0 Å². The molecule has 1 saturated heterocycles. The van der Waals surface area contributed by atoms with Gasteiger partial charge in [0.2, 0.25) is 0 Å². The number of benzene rings is 1. The second-order valence-corrected chi connectivity index (χ2v) is 9.34. The van der Waals surface area contributed by atoms with E-state index in [0.717, 1.165) is 15.8 Å². The van der Waals surface area contributed by atoms with E-state index in [0.29, 0.717) is 17.9 Å². The van der Waals surface area contributed by atoms with Crippen molar-refractivity contribution in [3.05, 3.63) is 33.8 Å². The molecule has 2 rings (SSSR count). The monoisotopic (exact) mass is 391 g/mol. The molecule has 116 valence electrons. The minimum atomic E-state index is -3.27. The second-order valence-electron chi connectivity index (χ2n) is 4.89. The van der Waals surface area contributed by atoms with Crippen molar-refractivity contribution >= 4 is 43.4 Å². The molecule has 1 aliphatic rings. The van der Waals surface area contributed by atoms with E-state index >= 15 is 0 Å². The van der Waals surface area contributed by atoms with Crippen LogP contribution in [0.4, 0.5) is 0 Å². The Morgan fingerprint density at radius 1 is 1.48 bits per heavy atom. The van der Waals surface area contributed by atoms with Gasteiger partial charge in [-0.2, -0.15) is 11.8 Å². The third kappa shape index (κ3) is 3.46. The summed E-state index contributed by atoms with van der Waals surface area (Å²) in [6.45, 7) is 3.96. The zero-order valence-electron chi connectivity index (χ0n) is 12.0. The molecular weight excluding hydrogens is 374 g/mol. The minimum Gasteiger partial charge on any atom is -0.320 e. The molecule has 21 heavy (non-hydrogen) atoms. The molecule has 1 aromatic carbocycles. The number of carbonyl (C=O) groups excluding carboxylic acids is 1. The topological polar surface area (TPSA) is 54.5 Å². The average molecular weight is 392 g/mol. The molecule has 1 fully saturated rings. The van der Waals surface area contributed by atoms with Gasteiger partial charge >= 0.3 is 0 Å². The third-order valence-electron chi connectivity index (χ3n) is 3.66. The number of amides is 1. The highest BCUT2D eigenvalue weighted by Gasteiger charge is 2.36. The van der Waals surface area contributed by atoms with E-state index in [1.54, 1.807) is 30.8 Å². The second kappa shape index (κ2) is 6.71. The molecule has 0 bridgehead atoms. The average Bonchev–Trinajstić information content (AvgIpc) is 2.49. The number of hydrogen-bond donors (Lipinski definition) is 0. The van der Waals surface area contributed by atoms with Gasteiger partial charge in [0.05, 0.1) is 0 Å². The lowest BCUT2D eigenvalue weighted by atomic mass is 10.1. The van der Waals surface area contributed by atoms with Crippen LogP contribution in [-0.2, 0) is 9.84 Å². The first-order valence-electron chi connectivity index (χ1n) is 6.74. The molecule has 0 aromatic heterocycles. The Bertz CT molecular complexity index is 646. The van der Waals surface area contributed by atoms with Gasteiger partial charge in [-0.05, 0) is 24.6 Å². The first-order valence-corrected chi connectivity index (χ1v) is 10.4. The van der Waals surface area contributed by atoms with Gasteiger partial charge in [-0.3, -0.25) is 4.79 Å². The number of rotatable bonds is 3. The van der Waals surface area contributed by atoms with E-state index in [9.17, 15) is 13.2 Å². The Morgan fingerprint density at radius 2 is 2.19 bits per heavy atom. The highest BCUT2D eigenvalue weighted by atomic mass is 79.9. The van der Waals surface area contributed by atoms with Crippen molar-refractivity contribution in [1.29, 1.82) is 0 Å². The molecule has 7 heteroatoms. The van der Waals surface area contributed by atoms with E-state index in [4.69, 9.17) is 0 Å². The predicted molar refractivity (Wildman–Crippen MR) is 90.5 cm³/mol. The molecule has 4 nitrogen and oxygen atoms in total. The highest BCUT2D eigenvalue weighted by molar-refractivity contribution is 9.10. The SMILES string of the molecule is CCS(=O)(=O)C1CSCCN1C(=O)c1cccc(Br)c1C. The Kier molecular flexibility index (Phi) is 5.38. The van der Waals surface area contributed by atoms with Crippen molar-refractivity contribution in [1.82, 2.24) is 4.90 Å². The molecule has 0 spiro atoms. The van der Waals surface area contributed by atoms with E-state index in [-0.39, 0.29) is 11.7 Å². The maximum Gasteiger partial charge on any atom is 0.255 e. The summed E-state index contributed by atoms with van der Waals surface area (Å²) in [4.78, 5) is 14.3. The molecule has 1 atom stereocenters. The van der Waals surface area contributed by atoms with E-state index in [1.807, 2.05) is 13.0 Å². The van der Waals surface area contributed by atoms with Crippen LogP contribution in [0.25, 0.3) is 0 Å². The summed E-state index contributed by atoms with van der Waals surface area (Å²) in [7, 11) is -3.27. The Labute approximate surface area is 138 Å². The molecule has 0 saturated carbocycles. The summed E-state index contributed by atoms with van der Waals surface area (Å²) < 4.78 is 25.3. The summed E-state index contributed by atoms with van der Waals surface area (Å²) in [6.07, 6.45) is 0. The molecule has 0 N–H and O–H groups in total. The Hall–Kier alpha value is -0.530. The zero-order chi connectivity index (χ0) is 15.6. The normalized spacial score (nSPS) is 19.6. The summed E-state index contributed by atoms with van der Waals surface area (Å²) in [6, 6.07) is 5.42. The summed E-state index contributed by atoms with van der Waals surface area (Å²) in [5.74, 6) is 1.08. The van der Waals surface area contributed by atoms with Crippen LogP contribution >= 0.6 is 27.7 Å². The fourth-order valence-corrected chi connectivity index (χ4v) is 5.63. The maximum absolute atomic E-state index is 12.8. The highest BCUT2D eigenvalue weighted by Crippen LogP contribution is 2.26. The van der Waals surface area contributed by atoms with Gasteiger partial charge in [0.25, 0.3) is 5.91 Å². The summed E-state index contributed by atoms with van der Waals surface area (Å²) in [5.41, 5.74) is 1.40. The van der Waals surface area contributed by atoms with Crippen LogP contribution in [0.5, 0.6) is 0 Å². The molecule has 0 aliphatic carbocycles. The number of nitrogens with zero attached hydrogens (tertiary/aromatic N) is 1. The van der Waals surface area contributed by atoms with Crippen LogP contribution < -0.4 is 0 Å². The molecule has 1 unspecified atom stereocenters. The van der Waals surface area contributed by atoms with Gasteiger partial charge in [-0.15, -0.1) is 0 Å². The molecule has 1 amide bonds. The molecule has 1 heterocycles. The molecule has 0 radical (unpaired) electrons. The number of thioether (sulfide) groups is 1. The van der Waals surface area contributed by atoms with Gasteiger partial charge in [0.1, 0.15) is 5.37 Å². The molecule has 1 aliphatic heterocycles. The van der Waals surface area contributed by atoms with Crippen molar-refractivity contribution in [3.63, 3.8) is 0 Å². The van der Waals surface area contributed by atoms with Crippen LogP contribution in [0, 0.1) is 6.92 Å². The van der Waals surface area contributed by atoms with Crippen molar-refractivity contribution in [3.8, 4) is 0 Å². The van der Waals surface area contributed by atoms with E-state index in [2.05, 4.69) is 15.9 Å². The number of sulfone groups is 1. The van der Waals surface area contributed by atoms with Gasteiger partial charge in [0.15, 0.2) is 9.84 Å². The lowest BCUT2D eigenvalue weighted by Crippen LogP contribution is -2.50.